The molecule has 3 rings (SSSR count). The standard InChI is InChI=1S/C24H20Br2N4O6/c1-35-19-9-13(7-17(25)21(19)31)11-27-29-23(33)15-3-5-16(6-4-15)24(34)30-28-12-14-8-18(26)22(32)20(10-14)36-2/h3-12,31-32H,1-2H3,(H,29,33)(H,30,34). The Kier molecular flexibility index (Phi) is 9.03. The van der Waals surface area contributed by atoms with E-state index >= 15 is 0 Å². The molecule has 186 valence electrons. The third-order valence-electron chi connectivity index (χ3n) is 4.71. The van der Waals surface area contributed by atoms with Gasteiger partial charge in [0, 0.05) is 11.1 Å². The molecule has 0 saturated carbocycles. The molecule has 3 aromatic rings. The number of phenolic OH excluding ortho intramolecular Hbond substituents is 2. The Morgan fingerprint density at radius 1 is 0.750 bits per heavy atom. The summed E-state index contributed by atoms with van der Waals surface area (Å²) in [6.07, 6.45) is 2.79. The number of phenols is 2. The van der Waals surface area contributed by atoms with Crippen molar-refractivity contribution in [2.75, 3.05) is 14.2 Å². The van der Waals surface area contributed by atoms with Crippen LogP contribution in [0.5, 0.6) is 23.0 Å². The Balaban J connectivity index is 1.58. The van der Waals surface area contributed by atoms with E-state index in [0.29, 0.717) is 20.1 Å². The minimum absolute atomic E-state index is 0.0397. The number of halogens is 2. The molecule has 0 aromatic heterocycles. The van der Waals surface area contributed by atoms with E-state index in [9.17, 15) is 19.8 Å². The lowest BCUT2D eigenvalue weighted by Gasteiger charge is -2.06. The molecule has 2 amide bonds. The lowest BCUT2D eigenvalue weighted by atomic mass is 10.1. The average Bonchev–Trinajstić information content (AvgIpc) is 2.87. The molecular formula is C24H20Br2N4O6. The van der Waals surface area contributed by atoms with Gasteiger partial charge in [-0.05, 0) is 91.5 Å². The number of carbonyl (C=O) groups is 2. The van der Waals surface area contributed by atoms with Crippen LogP contribution in [0.15, 0.2) is 67.7 Å². The van der Waals surface area contributed by atoms with Gasteiger partial charge < -0.3 is 19.7 Å². The van der Waals surface area contributed by atoms with Crippen LogP contribution in [0.2, 0.25) is 0 Å². The van der Waals surface area contributed by atoms with Gasteiger partial charge in [-0.25, -0.2) is 10.9 Å². The molecule has 4 N–H and O–H groups in total. The average molecular weight is 620 g/mol. The summed E-state index contributed by atoms with van der Waals surface area (Å²) in [6.45, 7) is 0. The van der Waals surface area contributed by atoms with Gasteiger partial charge in [-0.15, -0.1) is 0 Å². The maximum atomic E-state index is 12.3. The van der Waals surface area contributed by atoms with Gasteiger partial charge in [-0.3, -0.25) is 9.59 Å². The van der Waals surface area contributed by atoms with Crippen LogP contribution < -0.4 is 20.3 Å². The van der Waals surface area contributed by atoms with Crippen LogP contribution in [0.3, 0.4) is 0 Å². The van der Waals surface area contributed by atoms with Gasteiger partial charge in [0.25, 0.3) is 11.8 Å². The second-order valence-corrected chi connectivity index (χ2v) is 8.79. The van der Waals surface area contributed by atoms with Crippen molar-refractivity contribution in [3.63, 3.8) is 0 Å². The topological polar surface area (TPSA) is 142 Å². The van der Waals surface area contributed by atoms with Gasteiger partial charge in [-0.2, -0.15) is 10.2 Å². The molecule has 0 fully saturated rings. The van der Waals surface area contributed by atoms with E-state index in [1.807, 2.05) is 0 Å². The summed E-state index contributed by atoms with van der Waals surface area (Å²) in [7, 11) is 2.85. The first-order valence-corrected chi connectivity index (χ1v) is 11.7. The molecule has 0 aliphatic rings. The summed E-state index contributed by atoms with van der Waals surface area (Å²) < 4.78 is 11.0. The van der Waals surface area contributed by atoms with Gasteiger partial charge in [0.2, 0.25) is 0 Å². The van der Waals surface area contributed by atoms with Crippen molar-refractivity contribution in [1.29, 1.82) is 0 Å². The van der Waals surface area contributed by atoms with Gasteiger partial charge in [0.05, 0.1) is 35.6 Å². The first kappa shape index (κ1) is 26.7. The maximum Gasteiger partial charge on any atom is 0.271 e. The van der Waals surface area contributed by atoms with Crippen LogP contribution in [-0.4, -0.2) is 48.7 Å². The molecule has 0 aliphatic heterocycles. The first-order valence-electron chi connectivity index (χ1n) is 10.1. The Morgan fingerprint density at radius 2 is 1.11 bits per heavy atom. The molecule has 36 heavy (non-hydrogen) atoms. The Morgan fingerprint density at radius 3 is 1.44 bits per heavy atom. The summed E-state index contributed by atoms with van der Waals surface area (Å²) >= 11 is 6.43. The Hall–Kier alpha value is -3.90. The Labute approximate surface area is 222 Å². The fourth-order valence-corrected chi connectivity index (χ4v) is 3.80. The second-order valence-electron chi connectivity index (χ2n) is 7.08. The van der Waals surface area contributed by atoms with Crippen molar-refractivity contribution in [1.82, 2.24) is 10.9 Å². The number of nitrogens with one attached hydrogen (secondary N) is 2. The van der Waals surface area contributed by atoms with E-state index in [1.165, 1.54) is 50.9 Å². The highest BCUT2D eigenvalue weighted by Gasteiger charge is 2.10. The first-order chi connectivity index (χ1) is 17.2. The number of nitrogens with zero attached hydrogens (tertiary/aromatic N) is 2. The normalized spacial score (nSPS) is 11.0. The summed E-state index contributed by atoms with van der Waals surface area (Å²) in [4.78, 5) is 24.7. The van der Waals surface area contributed by atoms with Gasteiger partial charge in [0.15, 0.2) is 23.0 Å². The molecule has 0 radical (unpaired) electrons. The van der Waals surface area contributed by atoms with Crippen molar-refractivity contribution in [2.45, 2.75) is 0 Å². The monoisotopic (exact) mass is 618 g/mol. The highest BCUT2D eigenvalue weighted by molar-refractivity contribution is 9.11. The number of hydrogen-bond donors (Lipinski definition) is 4. The zero-order valence-electron chi connectivity index (χ0n) is 19.0. The van der Waals surface area contributed by atoms with Crippen molar-refractivity contribution in [3.8, 4) is 23.0 Å². The lowest BCUT2D eigenvalue weighted by Crippen LogP contribution is -2.19. The molecule has 3 aromatic carbocycles. The van der Waals surface area contributed by atoms with Gasteiger partial charge >= 0.3 is 0 Å². The molecule has 12 heteroatoms. The molecular weight excluding hydrogens is 600 g/mol. The smallest absolute Gasteiger partial charge is 0.271 e. The SMILES string of the molecule is COc1cc(C=NNC(=O)c2ccc(C(=O)NN=Cc3cc(Br)c(O)c(OC)c3)cc2)cc(Br)c1O. The van der Waals surface area contributed by atoms with Crippen LogP contribution in [0.4, 0.5) is 0 Å². The number of benzene rings is 3. The van der Waals surface area contributed by atoms with Crippen molar-refractivity contribution in [2.24, 2.45) is 10.2 Å². The van der Waals surface area contributed by atoms with E-state index in [2.05, 4.69) is 52.9 Å². The van der Waals surface area contributed by atoms with E-state index < -0.39 is 11.8 Å². The van der Waals surface area contributed by atoms with Crippen LogP contribution in [0.25, 0.3) is 0 Å². The molecule has 10 nitrogen and oxygen atoms in total. The fraction of sp³-hybridized carbons (Fsp3) is 0.0833. The van der Waals surface area contributed by atoms with E-state index in [1.54, 1.807) is 24.3 Å². The highest BCUT2D eigenvalue weighted by Crippen LogP contribution is 2.35. The van der Waals surface area contributed by atoms with E-state index in [4.69, 9.17) is 9.47 Å². The number of carbonyl (C=O) groups excluding carboxylic acids is 2. The second kappa shape index (κ2) is 12.2. The predicted molar refractivity (Wildman–Crippen MR) is 141 cm³/mol. The minimum Gasteiger partial charge on any atom is -0.503 e. The van der Waals surface area contributed by atoms with Crippen LogP contribution in [-0.2, 0) is 0 Å². The molecule has 0 spiro atoms. The lowest BCUT2D eigenvalue weighted by molar-refractivity contribution is 0.0943. The van der Waals surface area contributed by atoms with E-state index in [0.717, 1.165) is 0 Å². The molecule has 0 bridgehead atoms. The summed E-state index contributed by atoms with van der Waals surface area (Å²) in [6, 6.07) is 12.3. The molecule has 0 saturated heterocycles. The summed E-state index contributed by atoms with van der Waals surface area (Å²) in [5.74, 6) is -0.526. The van der Waals surface area contributed by atoms with Crippen molar-refractivity contribution >= 4 is 56.1 Å². The number of hydrogen-bond acceptors (Lipinski definition) is 8. The highest BCUT2D eigenvalue weighted by atomic mass is 79.9. The Bertz CT molecular complexity index is 1240. The van der Waals surface area contributed by atoms with Crippen LogP contribution >= 0.6 is 31.9 Å². The predicted octanol–water partition coefficient (Wildman–Crippen LogP) is 4.17. The fourth-order valence-electron chi connectivity index (χ4n) is 2.88. The van der Waals surface area contributed by atoms with Gasteiger partial charge in [0.1, 0.15) is 0 Å². The quantitative estimate of drug-likeness (QED) is 0.220. The summed E-state index contributed by atoms with van der Waals surface area (Å²) in [5, 5.41) is 27.5. The zero-order chi connectivity index (χ0) is 26.2. The number of methoxy groups -OCH3 is 2. The number of aromatic hydroxyl groups is 2. The third kappa shape index (κ3) is 6.61. The zero-order valence-corrected chi connectivity index (χ0v) is 22.1. The van der Waals surface area contributed by atoms with Crippen molar-refractivity contribution < 1.29 is 29.3 Å². The van der Waals surface area contributed by atoms with Gasteiger partial charge in [-0.1, -0.05) is 0 Å². The minimum atomic E-state index is -0.479. The molecule has 0 unspecified atom stereocenters. The largest absolute Gasteiger partial charge is 0.503 e. The third-order valence-corrected chi connectivity index (χ3v) is 5.92. The van der Waals surface area contributed by atoms with E-state index in [-0.39, 0.29) is 34.1 Å². The molecule has 0 heterocycles. The number of hydrazone groups is 2. The van der Waals surface area contributed by atoms with Crippen LogP contribution in [0.1, 0.15) is 31.8 Å². The summed E-state index contributed by atoms with van der Waals surface area (Å²) in [5.41, 5.74) is 6.54. The van der Waals surface area contributed by atoms with Crippen LogP contribution in [0, 0.1) is 0 Å². The maximum absolute atomic E-state index is 12.3. The molecule has 0 aliphatic carbocycles. The number of amides is 2. The number of rotatable bonds is 8. The molecule has 0 atom stereocenters. The van der Waals surface area contributed by atoms with Crippen molar-refractivity contribution in [3.05, 3.63) is 79.7 Å². The number of ether oxygens (including phenoxy) is 2.